The van der Waals surface area contributed by atoms with Gasteiger partial charge in [0, 0.05) is 69.1 Å². The van der Waals surface area contributed by atoms with Gasteiger partial charge in [-0.25, -0.2) is 4.39 Å². The molecule has 37 heavy (non-hydrogen) atoms. The Labute approximate surface area is 213 Å². The maximum absolute atomic E-state index is 15.0. The molecule has 0 unspecified atom stereocenters. The Morgan fingerprint density at radius 3 is 2.68 bits per heavy atom. The highest BCUT2D eigenvalue weighted by molar-refractivity contribution is 5.95. The number of imidazole rings is 1. The van der Waals surface area contributed by atoms with E-state index in [2.05, 4.69) is 19.8 Å². The molecule has 1 amide bonds. The minimum Gasteiger partial charge on any atom is -0.444 e. The van der Waals surface area contributed by atoms with E-state index in [1.165, 1.54) is 18.3 Å². The third-order valence-corrected chi connectivity index (χ3v) is 6.73. The van der Waals surface area contributed by atoms with Crippen molar-refractivity contribution < 1.29 is 18.8 Å². The van der Waals surface area contributed by atoms with Gasteiger partial charge in [0.05, 0.1) is 11.3 Å². The quantitative estimate of drug-likeness (QED) is 0.381. The molecular weight excluding hydrogens is 481 g/mol. The molecule has 2 aliphatic rings. The lowest BCUT2D eigenvalue weighted by Gasteiger charge is -2.32. The molecule has 0 radical (unpaired) electrons. The number of likely N-dealkylation sites (N-methyl/N-ethyl adjacent to an activating group) is 1. The zero-order valence-electron chi connectivity index (χ0n) is 20.5. The number of nitro groups is 1. The van der Waals surface area contributed by atoms with Crippen LogP contribution >= 0.6 is 0 Å². The number of piperazine rings is 1. The third kappa shape index (κ3) is 5.59. The summed E-state index contributed by atoms with van der Waals surface area (Å²) in [6.07, 6.45) is 3.07. The van der Waals surface area contributed by atoms with Crippen LogP contribution in [0.4, 0.5) is 10.2 Å². The van der Waals surface area contributed by atoms with Crippen molar-refractivity contribution in [2.45, 2.75) is 13.1 Å². The van der Waals surface area contributed by atoms with Gasteiger partial charge < -0.3 is 24.7 Å². The van der Waals surface area contributed by atoms with E-state index in [9.17, 15) is 19.3 Å². The van der Waals surface area contributed by atoms with Crippen LogP contribution in [0.2, 0.25) is 0 Å². The van der Waals surface area contributed by atoms with Gasteiger partial charge >= 0.3 is 11.8 Å². The SMILES string of the molecule is CN1CCN(C(=O)c2ccc(-c3cc(CN4CCOc5nc([N+](=O)[O-])cn5CC4)ccn3)cc2F)CC1. The van der Waals surface area contributed by atoms with Gasteiger partial charge in [0.1, 0.15) is 18.6 Å². The first-order valence-corrected chi connectivity index (χ1v) is 12.2. The van der Waals surface area contributed by atoms with Crippen molar-refractivity contribution in [3.63, 3.8) is 0 Å². The Kier molecular flexibility index (Phi) is 7.10. The van der Waals surface area contributed by atoms with Crippen molar-refractivity contribution in [3.8, 4) is 17.3 Å². The summed E-state index contributed by atoms with van der Waals surface area (Å²) >= 11 is 0. The molecule has 0 spiro atoms. The number of hydrogen-bond donors (Lipinski definition) is 0. The van der Waals surface area contributed by atoms with Crippen LogP contribution in [0.5, 0.6) is 6.01 Å². The summed E-state index contributed by atoms with van der Waals surface area (Å²) in [5.41, 5.74) is 2.27. The van der Waals surface area contributed by atoms with Gasteiger partial charge in [-0.15, -0.1) is 0 Å². The number of benzene rings is 1. The van der Waals surface area contributed by atoms with Crippen molar-refractivity contribution >= 4 is 11.7 Å². The first-order valence-electron chi connectivity index (χ1n) is 12.2. The Morgan fingerprint density at radius 1 is 1.11 bits per heavy atom. The first-order chi connectivity index (χ1) is 17.9. The van der Waals surface area contributed by atoms with Crippen LogP contribution in [0.15, 0.2) is 42.7 Å². The summed E-state index contributed by atoms with van der Waals surface area (Å²) in [4.78, 5) is 37.6. The highest BCUT2D eigenvalue weighted by atomic mass is 19.1. The van der Waals surface area contributed by atoms with Gasteiger partial charge in [-0.05, 0) is 41.8 Å². The lowest BCUT2D eigenvalue weighted by atomic mass is 10.0. The third-order valence-electron chi connectivity index (χ3n) is 6.73. The lowest BCUT2D eigenvalue weighted by Crippen LogP contribution is -2.47. The smallest absolute Gasteiger partial charge is 0.414 e. The number of amides is 1. The van der Waals surface area contributed by atoms with Crippen molar-refractivity contribution in [1.82, 2.24) is 29.2 Å². The van der Waals surface area contributed by atoms with Gasteiger partial charge in [-0.3, -0.25) is 19.2 Å². The monoisotopic (exact) mass is 509 g/mol. The number of nitrogens with zero attached hydrogens (tertiary/aromatic N) is 7. The second kappa shape index (κ2) is 10.6. The molecule has 0 atom stereocenters. The number of aromatic nitrogens is 3. The molecule has 11 nitrogen and oxygen atoms in total. The second-order valence-electron chi connectivity index (χ2n) is 9.30. The van der Waals surface area contributed by atoms with E-state index in [0.717, 1.165) is 18.7 Å². The topological polar surface area (TPSA) is 110 Å². The summed E-state index contributed by atoms with van der Waals surface area (Å²) in [5, 5.41) is 11.0. The van der Waals surface area contributed by atoms with Crippen LogP contribution in [0.1, 0.15) is 15.9 Å². The van der Waals surface area contributed by atoms with Gasteiger partial charge in [-0.1, -0.05) is 6.07 Å². The van der Waals surface area contributed by atoms with Crippen LogP contribution < -0.4 is 4.74 Å². The highest BCUT2D eigenvalue weighted by Gasteiger charge is 2.24. The fourth-order valence-electron chi connectivity index (χ4n) is 4.55. The standard InChI is InChI=1S/C25H28FN7O4/c1-29-6-9-31(10-7-29)24(34)20-3-2-19(15-21(20)26)22-14-18(4-5-27-22)16-30-8-11-32-17-23(33(35)36)28-25(32)37-13-12-30/h2-5,14-15,17H,6-13,16H2,1H3. The molecule has 0 aliphatic carbocycles. The molecule has 5 rings (SSSR count). The summed E-state index contributed by atoms with van der Waals surface area (Å²) in [5.74, 6) is -1.07. The number of pyridine rings is 1. The molecular formula is C25H28FN7O4. The second-order valence-corrected chi connectivity index (χ2v) is 9.30. The summed E-state index contributed by atoms with van der Waals surface area (Å²) < 4.78 is 22.3. The molecule has 12 heteroatoms. The van der Waals surface area contributed by atoms with Crippen LogP contribution in [0.3, 0.4) is 0 Å². The predicted molar refractivity (Wildman–Crippen MR) is 133 cm³/mol. The van der Waals surface area contributed by atoms with E-state index in [1.807, 2.05) is 19.2 Å². The summed E-state index contributed by atoms with van der Waals surface area (Å²) in [6.45, 7) is 5.44. The van der Waals surface area contributed by atoms with Crippen LogP contribution in [0, 0.1) is 15.9 Å². The highest BCUT2D eigenvalue weighted by Crippen LogP contribution is 2.24. The van der Waals surface area contributed by atoms with E-state index in [4.69, 9.17) is 4.74 Å². The Bertz CT molecular complexity index is 1310. The van der Waals surface area contributed by atoms with Crippen LogP contribution in [-0.2, 0) is 13.1 Å². The number of carbonyl (C=O) groups is 1. The number of rotatable bonds is 5. The maximum atomic E-state index is 15.0. The zero-order chi connectivity index (χ0) is 25.9. The van der Waals surface area contributed by atoms with Crippen LogP contribution in [0.25, 0.3) is 11.3 Å². The molecule has 2 aliphatic heterocycles. The first kappa shape index (κ1) is 24.8. The van der Waals surface area contributed by atoms with E-state index >= 15 is 0 Å². The summed E-state index contributed by atoms with van der Waals surface area (Å²) in [6, 6.07) is 8.70. The molecule has 2 aromatic heterocycles. The van der Waals surface area contributed by atoms with Gasteiger partial charge in [0.25, 0.3) is 5.91 Å². The van der Waals surface area contributed by atoms with Crippen LogP contribution in [-0.4, -0.2) is 93.0 Å². The molecule has 4 heterocycles. The Hall–Kier alpha value is -3.90. The molecule has 0 bridgehead atoms. The fourth-order valence-corrected chi connectivity index (χ4v) is 4.55. The largest absolute Gasteiger partial charge is 0.444 e. The van der Waals surface area contributed by atoms with E-state index < -0.39 is 10.7 Å². The molecule has 1 fully saturated rings. The molecule has 0 saturated carbocycles. The van der Waals surface area contributed by atoms with Gasteiger partial charge in [0.15, 0.2) is 0 Å². The van der Waals surface area contributed by atoms with Crippen molar-refractivity contribution in [2.24, 2.45) is 0 Å². The number of carbonyl (C=O) groups excluding carboxylic acids is 1. The normalized spacial score (nSPS) is 17.0. The number of fused-ring (bicyclic) bond motifs is 1. The van der Waals surface area contributed by atoms with Crippen molar-refractivity contribution in [3.05, 3.63) is 69.8 Å². The summed E-state index contributed by atoms with van der Waals surface area (Å²) in [7, 11) is 2.00. The number of halogens is 1. The average Bonchev–Trinajstić information content (AvgIpc) is 3.28. The van der Waals surface area contributed by atoms with E-state index in [-0.39, 0.29) is 23.3 Å². The van der Waals surface area contributed by atoms with Gasteiger partial charge in [0.2, 0.25) is 0 Å². The van der Waals surface area contributed by atoms with E-state index in [1.54, 1.807) is 21.7 Å². The molecule has 1 aromatic carbocycles. The minimum atomic E-state index is -0.556. The molecule has 1 saturated heterocycles. The van der Waals surface area contributed by atoms with Crippen molar-refractivity contribution in [2.75, 3.05) is 52.9 Å². The van der Waals surface area contributed by atoms with E-state index in [0.29, 0.717) is 57.1 Å². The minimum absolute atomic E-state index is 0.0733. The zero-order valence-corrected chi connectivity index (χ0v) is 20.5. The average molecular weight is 510 g/mol. The number of ether oxygens (including phenoxy) is 1. The lowest BCUT2D eigenvalue weighted by molar-refractivity contribution is -0.389. The molecule has 194 valence electrons. The molecule has 3 aromatic rings. The Balaban J connectivity index is 1.26. The predicted octanol–water partition coefficient (Wildman–Crippen LogP) is 2.27. The maximum Gasteiger partial charge on any atom is 0.414 e. The fraction of sp³-hybridized carbons (Fsp3) is 0.400. The van der Waals surface area contributed by atoms with Gasteiger partial charge in [-0.2, -0.15) is 0 Å². The number of hydrogen-bond acceptors (Lipinski definition) is 8. The Morgan fingerprint density at radius 2 is 1.92 bits per heavy atom. The van der Waals surface area contributed by atoms with Crippen molar-refractivity contribution in [1.29, 1.82) is 0 Å². The molecule has 0 N–H and O–H groups in total.